The van der Waals surface area contributed by atoms with Crippen molar-refractivity contribution in [3.63, 3.8) is 0 Å². The lowest BCUT2D eigenvalue weighted by atomic mass is 9.97. The molecule has 0 spiro atoms. The molecular weight excluding hydrogens is 488 g/mol. The third kappa shape index (κ3) is 5.50. The summed E-state index contributed by atoms with van der Waals surface area (Å²) in [7, 11) is 0. The molecule has 0 amide bonds. The molecule has 2 aromatic carbocycles. The second-order valence-electron chi connectivity index (χ2n) is 10.3. The van der Waals surface area contributed by atoms with Gasteiger partial charge in [-0.05, 0) is 63.3 Å². The summed E-state index contributed by atoms with van der Waals surface area (Å²) in [4.78, 5) is 11.8. The molecule has 3 heterocycles. The minimum Gasteiger partial charge on any atom is -0.442 e. The number of aryl methyl sites for hydroxylation is 1. The van der Waals surface area contributed by atoms with Crippen LogP contribution in [-0.4, -0.2) is 33.3 Å². The maximum Gasteiger partial charge on any atom is 0.252 e. The summed E-state index contributed by atoms with van der Waals surface area (Å²) >= 11 is 0. The van der Waals surface area contributed by atoms with Crippen molar-refractivity contribution in [2.24, 2.45) is 5.92 Å². The Hall–Kier alpha value is -4.20. The van der Waals surface area contributed by atoms with Crippen molar-refractivity contribution in [3.05, 3.63) is 77.4 Å². The Morgan fingerprint density at radius 1 is 0.872 bits per heavy atom. The summed E-state index contributed by atoms with van der Waals surface area (Å²) in [6.07, 6.45) is 1.06. The SMILES string of the molecule is CCN(CC)c1nc(Nc2ccccc2)nc2oc(C)c(-c3nnc(C(C)c4ccc(CC(C)C)cc4)o3)c12. The lowest BCUT2D eigenvalue weighted by Crippen LogP contribution is -2.23. The first kappa shape index (κ1) is 26.4. The third-order valence-electron chi connectivity index (χ3n) is 6.95. The van der Waals surface area contributed by atoms with E-state index in [2.05, 4.69) is 79.3 Å². The highest BCUT2D eigenvalue weighted by Gasteiger charge is 2.27. The highest BCUT2D eigenvalue weighted by atomic mass is 16.4. The zero-order chi connectivity index (χ0) is 27.5. The Labute approximate surface area is 229 Å². The molecule has 8 heteroatoms. The number of hydrogen-bond acceptors (Lipinski definition) is 8. The van der Waals surface area contributed by atoms with Crippen molar-refractivity contribution in [1.29, 1.82) is 0 Å². The van der Waals surface area contributed by atoms with Crippen LogP contribution in [0.2, 0.25) is 0 Å². The Morgan fingerprint density at radius 3 is 2.26 bits per heavy atom. The van der Waals surface area contributed by atoms with Gasteiger partial charge < -0.3 is 19.1 Å². The average Bonchev–Trinajstić information content (AvgIpc) is 3.53. The number of nitrogens with zero attached hydrogens (tertiary/aromatic N) is 5. The average molecular weight is 525 g/mol. The van der Waals surface area contributed by atoms with Gasteiger partial charge in [-0.25, -0.2) is 0 Å². The molecule has 202 valence electrons. The molecule has 0 radical (unpaired) electrons. The quantitative estimate of drug-likeness (QED) is 0.200. The van der Waals surface area contributed by atoms with E-state index in [0.29, 0.717) is 35.1 Å². The van der Waals surface area contributed by atoms with Gasteiger partial charge in [0.2, 0.25) is 17.6 Å². The molecule has 3 aromatic heterocycles. The number of furan rings is 1. The van der Waals surface area contributed by atoms with Crippen LogP contribution in [0.1, 0.15) is 63.3 Å². The lowest BCUT2D eigenvalue weighted by Gasteiger charge is -2.21. The molecule has 0 fully saturated rings. The molecule has 1 atom stereocenters. The van der Waals surface area contributed by atoms with Crippen molar-refractivity contribution in [2.45, 2.75) is 53.9 Å². The van der Waals surface area contributed by atoms with Crippen molar-refractivity contribution in [2.75, 3.05) is 23.3 Å². The first-order chi connectivity index (χ1) is 18.9. The maximum absolute atomic E-state index is 6.28. The van der Waals surface area contributed by atoms with Crippen LogP contribution in [0.15, 0.2) is 63.4 Å². The molecule has 0 aliphatic carbocycles. The van der Waals surface area contributed by atoms with Gasteiger partial charge >= 0.3 is 0 Å². The molecule has 1 N–H and O–H groups in total. The number of para-hydroxylation sites is 1. The van der Waals surface area contributed by atoms with E-state index < -0.39 is 0 Å². The van der Waals surface area contributed by atoms with E-state index in [1.807, 2.05) is 37.3 Å². The highest BCUT2D eigenvalue weighted by Crippen LogP contribution is 2.40. The van der Waals surface area contributed by atoms with Gasteiger partial charge in [0.05, 0.1) is 16.9 Å². The topological polar surface area (TPSA) is 93.1 Å². The van der Waals surface area contributed by atoms with Crippen LogP contribution in [0.3, 0.4) is 0 Å². The zero-order valence-corrected chi connectivity index (χ0v) is 23.5. The van der Waals surface area contributed by atoms with Gasteiger partial charge in [-0.1, -0.05) is 56.3 Å². The van der Waals surface area contributed by atoms with E-state index in [9.17, 15) is 0 Å². The molecule has 0 saturated heterocycles. The molecule has 39 heavy (non-hydrogen) atoms. The maximum atomic E-state index is 6.28. The minimum absolute atomic E-state index is 0.0435. The molecule has 0 aliphatic heterocycles. The number of rotatable bonds is 10. The molecule has 5 aromatic rings. The second-order valence-corrected chi connectivity index (χ2v) is 10.3. The summed E-state index contributed by atoms with van der Waals surface area (Å²) in [6, 6.07) is 18.5. The molecule has 8 nitrogen and oxygen atoms in total. The van der Waals surface area contributed by atoms with Crippen LogP contribution in [0, 0.1) is 12.8 Å². The van der Waals surface area contributed by atoms with Crippen LogP contribution >= 0.6 is 0 Å². The molecule has 1 unspecified atom stereocenters. The fourth-order valence-electron chi connectivity index (χ4n) is 4.88. The van der Waals surface area contributed by atoms with Crippen LogP contribution in [0.5, 0.6) is 0 Å². The number of aromatic nitrogens is 4. The fraction of sp³-hybridized carbons (Fsp3) is 0.355. The Bertz CT molecular complexity index is 1540. The van der Waals surface area contributed by atoms with Crippen molar-refractivity contribution < 1.29 is 8.83 Å². The van der Waals surface area contributed by atoms with Gasteiger partial charge in [0.15, 0.2) is 0 Å². The summed E-state index contributed by atoms with van der Waals surface area (Å²) in [5, 5.41) is 13.0. The van der Waals surface area contributed by atoms with Crippen molar-refractivity contribution >= 4 is 28.6 Å². The van der Waals surface area contributed by atoms with E-state index in [0.717, 1.165) is 47.5 Å². The van der Waals surface area contributed by atoms with Crippen LogP contribution in [0.25, 0.3) is 22.6 Å². The normalized spacial score (nSPS) is 12.3. The Morgan fingerprint density at radius 2 is 1.59 bits per heavy atom. The van der Waals surface area contributed by atoms with E-state index >= 15 is 0 Å². The number of nitrogens with one attached hydrogen (secondary N) is 1. The largest absolute Gasteiger partial charge is 0.442 e. The molecule has 5 rings (SSSR count). The summed E-state index contributed by atoms with van der Waals surface area (Å²) in [5.74, 6) is 3.44. The number of anilines is 3. The van der Waals surface area contributed by atoms with Crippen LogP contribution in [0.4, 0.5) is 17.5 Å². The van der Waals surface area contributed by atoms with Gasteiger partial charge in [-0.3, -0.25) is 0 Å². The van der Waals surface area contributed by atoms with E-state index in [-0.39, 0.29) is 5.92 Å². The van der Waals surface area contributed by atoms with Gasteiger partial charge in [0, 0.05) is 18.8 Å². The molecule has 0 saturated carbocycles. The van der Waals surface area contributed by atoms with E-state index in [1.165, 1.54) is 5.56 Å². The summed E-state index contributed by atoms with van der Waals surface area (Å²) < 4.78 is 12.4. The van der Waals surface area contributed by atoms with Crippen LogP contribution in [-0.2, 0) is 6.42 Å². The fourth-order valence-corrected chi connectivity index (χ4v) is 4.88. The molecule has 0 aliphatic rings. The van der Waals surface area contributed by atoms with E-state index in [4.69, 9.17) is 18.8 Å². The first-order valence-electron chi connectivity index (χ1n) is 13.7. The first-order valence-corrected chi connectivity index (χ1v) is 13.7. The molecular formula is C31H36N6O2. The van der Waals surface area contributed by atoms with Gasteiger partial charge in [-0.15, -0.1) is 10.2 Å². The lowest BCUT2D eigenvalue weighted by molar-refractivity contribution is 0.488. The zero-order valence-electron chi connectivity index (χ0n) is 23.5. The monoisotopic (exact) mass is 524 g/mol. The standard InChI is InChI=1S/C31H36N6O2/c1-7-37(8-2)27-26-25(21(6)38-29(26)34-31(33-27)32-24-12-10-9-11-13-24)30-36-35-28(39-30)20(5)23-16-14-22(15-17-23)18-19(3)4/h9-17,19-20H,7-8,18H2,1-6H3,(H,32,33,34). The predicted molar refractivity (Wildman–Crippen MR) is 156 cm³/mol. The minimum atomic E-state index is -0.0435. The molecule has 0 bridgehead atoms. The Kier molecular flexibility index (Phi) is 7.63. The number of benzene rings is 2. The van der Waals surface area contributed by atoms with E-state index in [1.54, 1.807) is 0 Å². The van der Waals surface area contributed by atoms with Crippen LogP contribution < -0.4 is 10.2 Å². The van der Waals surface area contributed by atoms with Gasteiger partial charge in [-0.2, -0.15) is 9.97 Å². The third-order valence-corrected chi connectivity index (χ3v) is 6.95. The number of fused-ring (bicyclic) bond motifs is 1. The van der Waals surface area contributed by atoms with Crippen molar-refractivity contribution in [3.8, 4) is 11.5 Å². The van der Waals surface area contributed by atoms with Gasteiger partial charge in [0.25, 0.3) is 5.89 Å². The predicted octanol–water partition coefficient (Wildman–Crippen LogP) is 7.52. The summed E-state index contributed by atoms with van der Waals surface area (Å²) in [5.41, 5.74) is 4.58. The summed E-state index contributed by atoms with van der Waals surface area (Å²) in [6.45, 7) is 14.2. The van der Waals surface area contributed by atoms with Crippen molar-refractivity contribution in [1.82, 2.24) is 20.2 Å². The highest BCUT2D eigenvalue weighted by molar-refractivity contribution is 6.00. The van der Waals surface area contributed by atoms with Gasteiger partial charge in [0.1, 0.15) is 11.6 Å². The second kappa shape index (κ2) is 11.3. The smallest absolute Gasteiger partial charge is 0.252 e. The Balaban J connectivity index is 1.53. The number of hydrogen-bond donors (Lipinski definition) is 1.